The van der Waals surface area contributed by atoms with Gasteiger partial charge in [-0.25, -0.2) is 0 Å². The molecule has 0 radical (unpaired) electrons. The molecule has 3 nitrogen and oxygen atoms in total. The lowest BCUT2D eigenvalue weighted by Crippen LogP contribution is -2.30. The third kappa shape index (κ3) is 4.59. The zero-order valence-electron chi connectivity index (χ0n) is 12.2. The number of hydrogen-bond donors (Lipinski definition) is 2. The summed E-state index contributed by atoms with van der Waals surface area (Å²) in [6.07, 6.45) is 0. The van der Waals surface area contributed by atoms with Gasteiger partial charge in [-0.15, -0.1) is 0 Å². The van der Waals surface area contributed by atoms with Crippen molar-refractivity contribution in [2.24, 2.45) is 0 Å². The molecule has 0 fully saturated rings. The van der Waals surface area contributed by atoms with Crippen LogP contribution >= 0.6 is 11.6 Å². The van der Waals surface area contributed by atoms with E-state index in [0.717, 1.165) is 0 Å². The molecule has 2 aromatic carbocycles. The lowest BCUT2D eigenvalue weighted by atomic mass is 10.1. The number of aryl methyl sites for hydroxylation is 1. The van der Waals surface area contributed by atoms with Gasteiger partial charge >= 0.3 is 0 Å². The fraction of sp³-hybridized carbons (Fsp3) is 0.235. The number of anilines is 1. The van der Waals surface area contributed by atoms with Crippen molar-refractivity contribution in [3.05, 3.63) is 64.7 Å². The first-order valence-corrected chi connectivity index (χ1v) is 7.28. The molecular weight excluding hydrogens is 284 g/mol. The number of hydrogen-bond acceptors (Lipinski definition) is 2. The van der Waals surface area contributed by atoms with Crippen LogP contribution in [0.5, 0.6) is 0 Å². The van der Waals surface area contributed by atoms with Gasteiger partial charge in [0.1, 0.15) is 0 Å². The second-order valence-corrected chi connectivity index (χ2v) is 5.45. The average Bonchev–Trinajstić information content (AvgIpc) is 2.47. The zero-order valence-corrected chi connectivity index (χ0v) is 12.9. The van der Waals surface area contributed by atoms with Gasteiger partial charge < -0.3 is 10.6 Å². The maximum absolute atomic E-state index is 11.9. The topological polar surface area (TPSA) is 41.1 Å². The molecule has 0 aromatic heterocycles. The molecule has 0 aliphatic rings. The highest BCUT2D eigenvalue weighted by Gasteiger charge is 2.09. The molecule has 0 aliphatic heterocycles. The van der Waals surface area contributed by atoms with Crippen molar-refractivity contribution in [1.82, 2.24) is 5.32 Å². The lowest BCUT2D eigenvalue weighted by molar-refractivity contribution is -0.115. The van der Waals surface area contributed by atoms with E-state index in [9.17, 15) is 4.79 Å². The number of nitrogens with one attached hydrogen (secondary N) is 2. The number of carbonyl (C=O) groups is 1. The molecule has 110 valence electrons. The Morgan fingerprint density at radius 3 is 2.67 bits per heavy atom. The van der Waals surface area contributed by atoms with E-state index in [-0.39, 0.29) is 18.5 Å². The van der Waals surface area contributed by atoms with E-state index < -0.39 is 0 Å². The highest BCUT2D eigenvalue weighted by molar-refractivity contribution is 6.33. The average molecular weight is 303 g/mol. The summed E-state index contributed by atoms with van der Waals surface area (Å²) in [5, 5.41) is 6.54. The van der Waals surface area contributed by atoms with Gasteiger partial charge in [0, 0.05) is 6.04 Å². The second kappa shape index (κ2) is 7.25. The van der Waals surface area contributed by atoms with Gasteiger partial charge in [0.25, 0.3) is 0 Å². The summed E-state index contributed by atoms with van der Waals surface area (Å²) >= 11 is 6.01. The minimum Gasteiger partial charge on any atom is -0.324 e. The van der Waals surface area contributed by atoms with Crippen molar-refractivity contribution in [3.63, 3.8) is 0 Å². The molecule has 0 spiro atoms. The Morgan fingerprint density at radius 2 is 1.95 bits per heavy atom. The predicted octanol–water partition coefficient (Wildman–Crippen LogP) is 3.94. The van der Waals surface area contributed by atoms with Crippen LogP contribution in [0.15, 0.2) is 48.5 Å². The smallest absolute Gasteiger partial charge is 0.238 e. The lowest BCUT2D eigenvalue weighted by Gasteiger charge is -2.15. The maximum Gasteiger partial charge on any atom is 0.238 e. The SMILES string of the molecule is Cc1cccc([C@@H](C)NCC(=O)Nc2ccccc2Cl)c1. The summed E-state index contributed by atoms with van der Waals surface area (Å²) in [5.41, 5.74) is 3.01. The van der Waals surface area contributed by atoms with Gasteiger partial charge in [0.2, 0.25) is 5.91 Å². The first-order valence-electron chi connectivity index (χ1n) is 6.90. The van der Waals surface area contributed by atoms with E-state index in [1.165, 1.54) is 11.1 Å². The van der Waals surface area contributed by atoms with Crippen molar-refractivity contribution in [2.75, 3.05) is 11.9 Å². The molecule has 2 aromatic rings. The molecule has 2 N–H and O–H groups in total. The summed E-state index contributed by atoms with van der Waals surface area (Å²) in [6.45, 7) is 4.33. The summed E-state index contributed by atoms with van der Waals surface area (Å²) in [4.78, 5) is 11.9. The number of benzene rings is 2. The van der Waals surface area contributed by atoms with Gasteiger partial charge in [0.15, 0.2) is 0 Å². The van der Waals surface area contributed by atoms with Gasteiger partial charge in [-0.2, -0.15) is 0 Å². The van der Waals surface area contributed by atoms with Crippen molar-refractivity contribution in [1.29, 1.82) is 0 Å². The summed E-state index contributed by atoms with van der Waals surface area (Å²) in [5.74, 6) is -0.109. The second-order valence-electron chi connectivity index (χ2n) is 5.04. The molecule has 0 heterocycles. The quantitative estimate of drug-likeness (QED) is 0.878. The number of carbonyl (C=O) groups excluding carboxylic acids is 1. The largest absolute Gasteiger partial charge is 0.324 e. The van der Waals surface area contributed by atoms with Crippen molar-refractivity contribution in [2.45, 2.75) is 19.9 Å². The number of amides is 1. The van der Waals surface area contributed by atoms with E-state index in [2.05, 4.69) is 35.8 Å². The first-order chi connectivity index (χ1) is 10.1. The van der Waals surface area contributed by atoms with Gasteiger partial charge in [-0.05, 0) is 31.5 Å². The third-order valence-corrected chi connectivity index (χ3v) is 3.59. The van der Waals surface area contributed by atoms with E-state index in [1.807, 2.05) is 25.1 Å². The molecular formula is C17H19ClN2O. The minimum atomic E-state index is -0.109. The van der Waals surface area contributed by atoms with Crippen LogP contribution in [0.25, 0.3) is 0 Å². The molecule has 0 saturated carbocycles. The van der Waals surface area contributed by atoms with E-state index in [0.29, 0.717) is 10.7 Å². The van der Waals surface area contributed by atoms with Crippen LogP contribution in [0, 0.1) is 6.92 Å². The molecule has 0 bridgehead atoms. The van der Waals surface area contributed by atoms with E-state index >= 15 is 0 Å². The molecule has 0 saturated heterocycles. The summed E-state index contributed by atoms with van der Waals surface area (Å²) in [6, 6.07) is 15.6. The Morgan fingerprint density at radius 1 is 1.19 bits per heavy atom. The molecule has 1 amide bonds. The zero-order chi connectivity index (χ0) is 15.2. The Labute approximate surface area is 130 Å². The highest BCUT2D eigenvalue weighted by Crippen LogP contribution is 2.20. The standard InChI is InChI=1S/C17H19ClN2O/c1-12-6-5-7-14(10-12)13(2)19-11-17(21)20-16-9-4-3-8-15(16)18/h3-10,13,19H,11H2,1-2H3,(H,20,21)/t13-/m1/s1. The van der Waals surface area contributed by atoms with Gasteiger partial charge in [-0.1, -0.05) is 53.6 Å². The number of halogens is 1. The number of rotatable bonds is 5. The van der Waals surface area contributed by atoms with Crippen LogP contribution in [0.3, 0.4) is 0 Å². The molecule has 0 unspecified atom stereocenters. The van der Waals surface area contributed by atoms with Crippen LogP contribution in [-0.2, 0) is 4.79 Å². The molecule has 21 heavy (non-hydrogen) atoms. The fourth-order valence-electron chi connectivity index (χ4n) is 2.06. The van der Waals surface area contributed by atoms with Crippen molar-refractivity contribution < 1.29 is 4.79 Å². The Kier molecular flexibility index (Phi) is 5.37. The predicted molar refractivity (Wildman–Crippen MR) is 87.7 cm³/mol. The highest BCUT2D eigenvalue weighted by atomic mass is 35.5. The normalized spacial score (nSPS) is 12.0. The first kappa shape index (κ1) is 15.5. The van der Waals surface area contributed by atoms with Crippen LogP contribution in [0.2, 0.25) is 5.02 Å². The molecule has 4 heteroatoms. The van der Waals surface area contributed by atoms with Gasteiger partial charge in [0.05, 0.1) is 17.3 Å². The van der Waals surface area contributed by atoms with Crippen LogP contribution < -0.4 is 10.6 Å². The van der Waals surface area contributed by atoms with Crippen LogP contribution in [0.4, 0.5) is 5.69 Å². The van der Waals surface area contributed by atoms with Crippen molar-refractivity contribution >= 4 is 23.2 Å². The fourth-order valence-corrected chi connectivity index (χ4v) is 2.24. The Balaban J connectivity index is 1.88. The van der Waals surface area contributed by atoms with Crippen LogP contribution in [0.1, 0.15) is 24.1 Å². The van der Waals surface area contributed by atoms with Crippen LogP contribution in [-0.4, -0.2) is 12.5 Å². The third-order valence-electron chi connectivity index (χ3n) is 3.26. The summed E-state index contributed by atoms with van der Waals surface area (Å²) in [7, 11) is 0. The summed E-state index contributed by atoms with van der Waals surface area (Å²) < 4.78 is 0. The van der Waals surface area contributed by atoms with Crippen molar-refractivity contribution in [3.8, 4) is 0 Å². The Bertz CT molecular complexity index is 628. The molecule has 0 aliphatic carbocycles. The van der Waals surface area contributed by atoms with E-state index in [4.69, 9.17) is 11.6 Å². The Hall–Kier alpha value is -1.84. The van der Waals surface area contributed by atoms with E-state index in [1.54, 1.807) is 12.1 Å². The number of para-hydroxylation sites is 1. The van der Waals surface area contributed by atoms with Gasteiger partial charge in [-0.3, -0.25) is 4.79 Å². The monoisotopic (exact) mass is 302 g/mol. The minimum absolute atomic E-state index is 0.109. The maximum atomic E-state index is 11.9. The molecule has 2 rings (SSSR count). The molecule has 1 atom stereocenters.